The van der Waals surface area contributed by atoms with E-state index in [1.54, 1.807) is 45.5 Å². The minimum atomic E-state index is -0.532. The van der Waals surface area contributed by atoms with Crippen molar-refractivity contribution in [3.8, 4) is 6.07 Å². The first-order valence-corrected chi connectivity index (χ1v) is 7.11. The first-order chi connectivity index (χ1) is 11.0. The van der Waals surface area contributed by atoms with Gasteiger partial charge in [-0.3, -0.25) is 19.3 Å². The minimum Gasteiger partial charge on any atom is -0.274 e. The summed E-state index contributed by atoms with van der Waals surface area (Å²) >= 11 is 0. The van der Waals surface area contributed by atoms with Crippen molar-refractivity contribution >= 4 is 11.8 Å². The molecule has 0 aromatic carbocycles. The van der Waals surface area contributed by atoms with Gasteiger partial charge in [-0.1, -0.05) is 6.08 Å². The number of hydrogen-bond acceptors (Lipinski definition) is 5. The van der Waals surface area contributed by atoms with E-state index < -0.39 is 5.91 Å². The van der Waals surface area contributed by atoms with Crippen molar-refractivity contribution in [1.82, 2.24) is 9.96 Å². The SMILES string of the molecule is CCN1C(=O)C(C#N)=C(C)/C(=C\C=C2C=CN(OC)C=C2)C1=O. The Kier molecular flexibility index (Phi) is 4.94. The van der Waals surface area contributed by atoms with Crippen LogP contribution >= 0.6 is 0 Å². The van der Waals surface area contributed by atoms with Crippen molar-refractivity contribution in [3.63, 3.8) is 0 Å². The number of imide groups is 1. The standard InChI is InChI=1S/C17H17N3O3/c1-4-20-16(21)14(12(2)15(11-18)17(20)22)6-5-13-7-9-19(23-3)10-8-13/h5-10H,4H2,1-3H3/b14-6+. The summed E-state index contributed by atoms with van der Waals surface area (Å²) in [6.07, 6.45) is 10.5. The Labute approximate surface area is 134 Å². The fourth-order valence-electron chi connectivity index (χ4n) is 2.28. The molecule has 6 heteroatoms. The quantitative estimate of drug-likeness (QED) is 0.588. The maximum Gasteiger partial charge on any atom is 0.271 e. The van der Waals surface area contributed by atoms with Gasteiger partial charge in [0.25, 0.3) is 11.8 Å². The van der Waals surface area contributed by atoms with Gasteiger partial charge in [-0.05, 0) is 43.2 Å². The maximum absolute atomic E-state index is 12.4. The van der Waals surface area contributed by atoms with Gasteiger partial charge in [0, 0.05) is 24.5 Å². The number of amides is 2. The van der Waals surface area contributed by atoms with Gasteiger partial charge in [0.05, 0.1) is 7.11 Å². The van der Waals surface area contributed by atoms with Crippen molar-refractivity contribution < 1.29 is 14.4 Å². The summed E-state index contributed by atoms with van der Waals surface area (Å²) in [5.41, 5.74) is 1.64. The summed E-state index contributed by atoms with van der Waals surface area (Å²) < 4.78 is 0. The van der Waals surface area contributed by atoms with E-state index in [0.717, 1.165) is 10.5 Å². The van der Waals surface area contributed by atoms with Crippen molar-refractivity contribution in [1.29, 1.82) is 5.26 Å². The smallest absolute Gasteiger partial charge is 0.271 e. The second kappa shape index (κ2) is 6.90. The van der Waals surface area contributed by atoms with Crippen molar-refractivity contribution in [2.75, 3.05) is 13.7 Å². The summed E-state index contributed by atoms with van der Waals surface area (Å²) in [6.45, 7) is 3.55. The van der Waals surface area contributed by atoms with E-state index in [0.29, 0.717) is 11.1 Å². The molecule has 2 rings (SSSR count). The maximum atomic E-state index is 12.4. The second-order valence-electron chi connectivity index (χ2n) is 4.89. The van der Waals surface area contributed by atoms with Crippen LogP contribution < -0.4 is 0 Å². The number of carbonyl (C=O) groups is 2. The largest absolute Gasteiger partial charge is 0.274 e. The zero-order valence-corrected chi connectivity index (χ0v) is 13.2. The third kappa shape index (κ3) is 3.15. The highest BCUT2D eigenvalue weighted by Gasteiger charge is 2.33. The molecular formula is C17H17N3O3. The molecule has 0 aliphatic carbocycles. The Morgan fingerprint density at radius 1 is 1.22 bits per heavy atom. The molecule has 0 spiro atoms. The topological polar surface area (TPSA) is 73.6 Å². The average molecular weight is 311 g/mol. The molecule has 6 nitrogen and oxygen atoms in total. The van der Waals surface area contributed by atoms with Gasteiger partial charge < -0.3 is 0 Å². The molecule has 0 unspecified atom stereocenters. The lowest BCUT2D eigenvalue weighted by atomic mass is 9.94. The number of carbonyl (C=O) groups excluding carboxylic acids is 2. The van der Waals surface area contributed by atoms with Gasteiger partial charge in [-0.2, -0.15) is 5.26 Å². The highest BCUT2D eigenvalue weighted by molar-refractivity contribution is 6.18. The van der Waals surface area contributed by atoms with Crippen LogP contribution in [0.15, 0.2) is 59.0 Å². The van der Waals surface area contributed by atoms with E-state index in [1.807, 2.05) is 18.2 Å². The number of likely N-dealkylation sites (N-methyl/N-ethyl adjacent to an activating group) is 1. The van der Waals surface area contributed by atoms with Gasteiger partial charge in [0.2, 0.25) is 0 Å². The summed E-state index contributed by atoms with van der Waals surface area (Å²) in [7, 11) is 1.56. The molecule has 0 aromatic rings. The molecule has 0 saturated carbocycles. The molecule has 0 atom stereocenters. The van der Waals surface area contributed by atoms with Gasteiger partial charge in [-0.15, -0.1) is 0 Å². The molecule has 2 aliphatic rings. The third-order valence-electron chi connectivity index (χ3n) is 3.62. The molecule has 2 aliphatic heterocycles. The minimum absolute atomic E-state index is 0.0105. The molecule has 118 valence electrons. The van der Waals surface area contributed by atoms with E-state index in [9.17, 15) is 14.9 Å². The van der Waals surface area contributed by atoms with Crippen molar-refractivity contribution in [3.05, 3.63) is 59.0 Å². The molecular weight excluding hydrogens is 294 g/mol. The third-order valence-corrected chi connectivity index (χ3v) is 3.62. The van der Waals surface area contributed by atoms with Crippen LogP contribution in [0, 0.1) is 11.3 Å². The summed E-state index contributed by atoms with van der Waals surface area (Å²) in [4.78, 5) is 30.6. The van der Waals surface area contributed by atoms with Crippen LogP contribution in [0.4, 0.5) is 0 Å². The number of allylic oxidation sites excluding steroid dienone is 5. The molecule has 0 aromatic heterocycles. The number of rotatable bonds is 3. The summed E-state index contributed by atoms with van der Waals surface area (Å²) in [5, 5.41) is 10.7. The van der Waals surface area contributed by atoms with Crippen LogP contribution in [0.5, 0.6) is 0 Å². The van der Waals surface area contributed by atoms with Crippen LogP contribution in [0.25, 0.3) is 0 Å². The fraction of sp³-hybridized carbons (Fsp3) is 0.235. The Morgan fingerprint density at radius 3 is 2.39 bits per heavy atom. The highest BCUT2D eigenvalue weighted by Crippen LogP contribution is 2.25. The van der Waals surface area contributed by atoms with Crippen LogP contribution in [0.1, 0.15) is 13.8 Å². The molecule has 2 heterocycles. The van der Waals surface area contributed by atoms with Crippen molar-refractivity contribution in [2.45, 2.75) is 13.8 Å². The zero-order chi connectivity index (χ0) is 17.0. The average Bonchev–Trinajstić information content (AvgIpc) is 2.56. The lowest BCUT2D eigenvalue weighted by Gasteiger charge is -2.26. The zero-order valence-electron chi connectivity index (χ0n) is 13.2. The molecule has 0 N–H and O–H groups in total. The number of hydroxylamine groups is 2. The van der Waals surface area contributed by atoms with E-state index in [4.69, 9.17) is 4.84 Å². The molecule has 0 bridgehead atoms. The number of nitrogens with zero attached hydrogens (tertiary/aromatic N) is 3. The second-order valence-corrected chi connectivity index (χ2v) is 4.89. The molecule has 0 saturated heterocycles. The van der Waals surface area contributed by atoms with Gasteiger partial charge >= 0.3 is 0 Å². The predicted octanol–water partition coefficient (Wildman–Crippen LogP) is 1.97. The highest BCUT2D eigenvalue weighted by atomic mass is 16.7. The first-order valence-electron chi connectivity index (χ1n) is 7.11. The van der Waals surface area contributed by atoms with Crippen LogP contribution in [-0.4, -0.2) is 35.4 Å². The van der Waals surface area contributed by atoms with Gasteiger partial charge in [0.1, 0.15) is 11.6 Å². The van der Waals surface area contributed by atoms with Gasteiger partial charge in [0.15, 0.2) is 0 Å². The molecule has 2 amide bonds. The Bertz CT molecular complexity index is 717. The lowest BCUT2D eigenvalue weighted by molar-refractivity contribution is -0.140. The Balaban J connectivity index is 2.39. The van der Waals surface area contributed by atoms with Crippen LogP contribution in [0.3, 0.4) is 0 Å². The predicted molar refractivity (Wildman–Crippen MR) is 84.0 cm³/mol. The normalized spacial score (nSPS) is 19.7. The molecule has 0 radical (unpaired) electrons. The summed E-state index contributed by atoms with van der Waals surface area (Å²) in [5.74, 6) is -0.913. The van der Waals surface area contributed by atoms with Crippen LogP contribution in [-0.2, 0) is 14.4 Å². The monoisotopic (exact) mass is 311 g/mol. The van der Waals surface area contributed by atoms with Gasteiger partial charge in [-0.25, -0.2) is 5.06 Å². The van der Waals surface area contributed by atoms with E-state index >= 15 is 0 Å². The van der Waals surface area contributed by atoms with E-state index in [2.05, 4.69) is 0 Å². The fourth-order valence-corrected chi connectivity index (χ4v) is 2.28. The Hall–Kier alpha value is -2.91. The first kappa shape index (κ1) is 16.5. The van der Waals surface area contributed by atoms with E-state index in [-0.39, 0.29) is 18.0 Å². The lowest BCUT2D eigenvalue weighted by Crippen LogP contribution is -2.42. The summed E-state index contributed by atoms with van der Waals surface area (Å²) in [6, 6.07) is 1.89. The van der Waals surface area contributed by atoms with Crippen molar-refractivity contribution in [2.24, 2.45) is 0 Å². The molecule has 23 heavy (non-hydrogen) atoms. The number of hydrogen-bond donors (Lipinski definition) is 0. The molecule has 0 fully saturated rings. The van der Waals surface area contributed by atoms with E-state index in [1.165, 1.54) is 5.06 Å². The van der Waals surface area contributed by atoms with Crippen LogP contribution in [0.2, 0.25) is 0 Å². The Morgan fingerprint density at radius 2 is 1.87 bits per heavy atom. The number of nitriles is 1.